The molecule has 1 nitrogen and oxygen atoms in total. The van der Waals surface area contributed by atoms with Crippen LogP contribution in [-0.4, -0.2) is 0 Å². The predicted molar refractivity (Wildman–Crippen MR) is 58.4 cm³/mol. The SMILES string of the molecule is C=C[C@@H](N)c1c(F)cc(Br)cc1F.Cl. The summed E-state index contributed by atoms with van der Waals surface area (Å²) in [4.78, 5) is 0. The Morgan fingerprint density at radius 2 is 1.79 bits per heavy atom. The fraction of sp³-hybridized carbons (Fsp3) is 0.111. The second kappa shape index (κ2) is 5.44. The fourth-order valence-corrected chi connectivity index (χ4v) is 1.39. The maximum atomic E-state index is 13.2. The molecule has 0 saturated carbocycles. The minimum atomic E-state index is -0.812. The highest BCUT2D eigenvalue weighted by molar-refractivity contribution is 9.10. The summed E-state index contributed by atoms with van der Waals surface area (Å²) in [5.74, 6) is -1.33. The lowest BCUT2D eigenvalue weighted by Gasteiger charge is -2.09. The van der Waals surface area contributed by atoms with Crippen molar-refractivity contribution in [3.8, 4) is 0 Å². The molecule has 0 saturated heterocycles. The molecule has 0 heterocycles. The summed E-state index contributed by atoms with van der Waals surface area (Å²) in [7, 11) is 0. The van der Waals surface area contributed by atoms with E-state index >= 15 is 0 Å². The van der Waals surface area contributed by atoms with E-state index in [9.17, 15) is 8.78 Å². The average Bonchev–Trinajstić information content (AvgIpc) is 2.02. The van der Waals surface area contributed by atoms with Crippen molar-refractivity contribution in [1.82, 2.24) is 0 Å². The molecule has 1 aromatic rings. The summed E-state index contributed by atoms with van der Waals surface area (Å²) >= 11 is 2.97. The van der Waals surface area contributed by atoms with Gasteiger partial charge in [0, 0.05) is 10.0 Å². The van der Waals surface area contributed by atoms with Crippen LogP contribution < -0.4 is 5.73 Å². The molecule has 1 aromatic carbocycles. The second-order valence-corrected chi connectivity index (χ2v) is 3.46. The number of hydrogen-bond donors (Lipinski definition) is 1. The van der Waals surface area contributed by atoms with Gasteiger partial charge in [0.15, 0.2) is 0 Å². The van der Waals surface area contributed by atoms with Crippen LogP contribution in [0.15, 0.2) is 29.3 Å². The highest BCUT2D eigenvalue weighted by Crippen LogP contribution is 2.23. The minimum absolute atomic E-state index is 0. The Balaban J connectivity index is 0.00000169. The second-order valence-electron chi connectivity index (χ2n) is 2.54. The first-order chi connectivity index (χ1) is 6.06. The van der Waals surface area contributed by atoms with Crippen LogP contribution in [0.3, 0.4) is 0 Å². The largest absolute Gasteiger partial charge is 0.321 e. The maximum Gasteiger partial charge on any atom is 0.132 e. The van der Waals surface area contributed by atoms with Crippen molar-refractivity contribution in [3.63, 3.8) is 0 Å². The van der Waals surface area contributed by atoms with Crippen molar-refractivity contribution in [1.29, 1.82) is 0 Å². The van der Waals surface area contributed by atoms with Crippen molar-refractivity contribution in [2.75, 3.05) is 0 Å². The van der Waals surface area contributed by atoms with Crippen molar-refractivity contribution < 1.29 is 8.78 Å². The fourth-order valence-electron chi connectivity index (χ4n) is 0.990. The van der Waals surface area contributed by atoms with E-state index in [2.05, 4.69) is 22.5 Å². The Morgan fingerprint density at radius 3 is 2.14 bits per heavy atom. The van der Waals surface area contributed by atoms with Gasteiger partial charge in [0.25, 0.3) is 0 Å². The van der Waals surface area contributed by atoms with Crippen LogP contribution in [0.1, 0.15) is 11.6 Å². The number of rotatable bonds is 2. The molecule has 0 aromatic heterocycles. The Morgan fingerprint density at radius 1 is 1.36 bits per heavy atom. The molecule has 5 heteroatoms. The maximum absolute atomic E-state index is 13.2. The summed E-state index contributed by atoms with van der Waals surface area (Å²) in [6, 6.07) is 1.52. The summed E-state index contributed by atoms with van der Waals surface area (Å²) in [6.07, 6.45) is 1.29. The third kappa shape index (κ3) is 2.77. The minimum Gasteiger partial charge on any atom is -0.321 e. The molecule has 0 spiro atoms. The lowest BCUT2D eigenvalue weighted by molar-refractivity contribution is 0.545. The monoisotopic (exact) mass is 283 g/mol. The van der Waals surface area contributed by atoms with Crippen molar-refractivity contribution in [2.24, 2.45) is 5.73 Å². The van der Waals surface area contributed by atoms with Crippen LogP contribution in [0.4, 0.5) is 8.78 Å². The first kappa shape index (κ1) is 13.6. The molecule has 0 radical (unpaired) electrons. The summed E-state index contributed by atoms with van der Waals surface area (Å²) in [5.41, 5.74) is 5.28. The molecule has 0 aliphatic heterocycles. The first-order valence-corrected chi connectivity index (χ1v) is 4.38. The highest BCUT2D eigenvalue weighted by Gasteiger charge is 2.14. The third-order valence-corrected chi connectivity index (χ3v) is 2.09. The van der Waals surface area contributed by atoms with Gasteiger partial charge < -0.3 is 5.73 Å². The molecule has 1 atom stereocenters. The Kier molecular flexibility index (Phi) is 5.26. The number of nitrogens with two attached hydrogens (primary N) is 1. The normalized spacial score (nSPS) is 11.7. The van der Waals surface area contributed by atoms with Gasteiger partial charge in [0.1, 0.15) is 11.6 Å². The van der Waals surface area contributed by atoms with Crippen molar-refractivity contribution in [2.45, 2.75) is 6.04 Å². The molecule has 14 heavy (non-hydrogen) atoms. The zero-order valence-electron chi connectivity index (χ0n) is 7.14. The average molecular weight is 285 g/mol. The van der Waals surface area contributed by atoms with Gasteiger partial charge in [-0.25, -0.2) is 8.78 Å². The molecule has 0 fully saturated rings. The molecule has 2 N–H and O–H groups in total. The van der Waals surface area contributed by atoms with Gasteiger partial charge >= 0.3 is 0 Å². The molecule has 0 bridgehead atoms. The smallest absolute Gasteiger partial charge is 0.132 e. The number of benzene rings is 1. The van der Waals surface area contributed by atoms with E-state index in [1.165, 1.54) is 18.2 Å². The zero-order valence-corrected chi connectivity index (χ0v) is 9.54. The molecule has 0 aliphatic rings. The third-order valence-electron chi connectivity index (χ3n) is 1.63. The van der Waals surface area contributed by atoms with Gasteiger partial charge in [-0.3, -0.25) is 0 Å². The molecule has 1 rings (SSSR count). The van der Waals surface area contributed by atoms with Gasteiger partial charge in [-0.15, -0.1) is 19.0 Å². The van der Waals surface area contributed by atoms with E-state index in [0.717, 1.165) is 0 Å². The van der Waals surface area contributed by atoms with Gasteiger partial charge in [-0.1, -0.05) is 22.0 Å². The highest BCUT2D eigenvalue weighted by atomic mass is 79.9. The summed E-state index contributed by atoms with van der Waals surface area (Å²) < 4.78 is 26.7. The molecule has 78 valence electrons. The van der Waals surface area contributed by atoms with Gasteiger partial charge in [0.05, 0.1) is 6.04 Å². The summed E-state index contributed by atoms with van der Waals surface area (Å²) in [5, 5.41) is 0. The van der Waals surface area contributed by atoms with Gasteiger partial charge in [-0.2, -0.15) is 0 Å². The Hall–Kier alpha value is -0.450. The zero-order chi connectivity index (χ0) is 10.0. The van der Waals surface area contributed by atoms with E-state index in [1.54, 1.807) is 0 Å². The van der Waals surface area contributed by atoms with Crippen LogP contribution in [0, 0.1) is 11.6 Å². The first-order valence-electron chi connectivity index (χ1n) is 3.59. The summed E-state index contributed by atoms with van der Waals surface area (Å²) in [6.45, 7) is 3.37. The van der Waals surface area contributed by atoms with E-state index < -0.39 is 17.7 Å². The van der Waals surface area contributed by atoms with Crippen molar-refractivity contribution >= 4 is 28.3 Å². The lowest BCUT2D eigenvalue weighted by Crippen LogP contribution is -2.11. The topological polar surface area (TPSA) is 26.0 Å². The van der Waals surface area contributed by atoms with Crippen LogP contribution in [0.5, 0.6) is 0 Å². The van der Waals surface area contributed by atoms with Crippen LogP contribution in [0.25, 0.3) is 0 Å². The van der Waals surface area contributed by atoms with E-state index in [4.69, 9.17) is 5.73 Å². The number of halogens is 4. The lowest BCUT2D eigenvalue weighted by atomic mass is 10.1. The quantitative estimate of drug-likeness (QED) is 0.828. The van der Waals surface area contributed by atoms with Gasteiger partial charge in [0.2, 0.25) is 0 Å². The Bertz CT molecular complexity index is 321. The Labute approximate surface area is 95.5 Å². The van der Waals surface area contributed by atoms with Gasteiger partial charge in [-0.05, 0) is 12.1 Å². The van der Waals surface area contributed by atoms with Crippen LogP contribution in [0.2, 0.25) is 0 Å². The van der Waals surface area contributed by atoms with E-state index in [0.29, 0.717) is 4.47 Å². The van der Waals surface area contributed by atoms with Crippen LogP contribution >= 0.6 is 28.3 Å². The molecule has 0 aliphatic carbocycles. The van der Waals surface area contributed by atoms with E-state index in [-0.39, 0.29) is 18.0 Å². The molecule has 0 amide bonds. The molecular formula is C9H9BrClF2N. The van der Waals surface area contributed by atoms with E-state index in [1.807, 2.05) is 0 Å². The molecule has 0 unspecified atom stereocenters. The van der Waals surface area contributed by atoms with Crippen molar-refractivity contribution in [3.05, 3.63) is 46.5 Å². The molecular weight excluding hydrogens is 275 g/mol. The van der Waals surface area contributed by atoms with Crippen LogP contribution in [-0.2, 0) is 0 Å². The standard InChI is InChI=1S/C9H8BrF2N.ClH/c1-2-8(13)9-6(11)3-5(10)4-7(9)12;/h2-4,8H,1,13H2;1H/t8-;/m1./s1. The predicted octanol–water partition coefficient (Wildman–Crippen LogP) is 3.33. The number of hydrogen-bond acceptors (Lipinski definition) is 1.